The van der Waals surface area contributed by atoms with Crippen molar-refractivity contribution in [3.8, 4) is 0 Å². The van der Waals surface area contributed by atoms with Crippen molar-refractivity contribution in [1.82, 2.24) is 14.8 Å². The molecule has 0 fully saturated rings. The van der Waals surface area contributed by atoms with Crippen molar-refractivity contribution in [2.45, 2.75) is 6.54 Å². The molecule has 0 atom stereocenters. The molecule has 1 aromatic heterocycles. The van der Waals surface area contributed by atoms with Gasteiger partial charge in [-0.15, -0.1) is 0 Å². The molecule has 0 aliphatic rings. The fourth-order valence-corrected chi connectivity index (χ4v) is 1.31. The van der Waals surface area contributed by atoms with Crippen LogP contribution in [-0.2, 0) is 6.54 Å². The minimum atomic E-state index is 0.541. The zero-order valence-electron chi connectivity index (χ0n) is 7.52. The first kappa shape index (κ1) is 9.21. The predicted octanol–water partition coefficient (Wildman–Crippen LogP) is 2.16. The van der Waals surface area contributed by atoms with E-state index >= 15 is 0 Å². The minimum Gasteiger partial charge on any atom is -0.248 e. The zero-order valence-corrected chi connectivity index (χ0v) is 8.28. The molecule has 2 rings (SSSR count). The highest BCUT2D eigenvalue weighted by molar-refractivity contribution is 6.30. The molecule has 0 unspecified atom stereocenters. The second-order valence-corrected chi connectivity index (χ2v) is 3.42. The standard InChI is InChI=1S/C10H9ClN3/c1-8-12-7-14(13-8)6-9-2-4-10(11)5-3-9/h2-5,7H,1,6H2. The van der Waals surface area contributed by atoms with E-state index in [0.717, 1.165) is 10.6 Å². The van der Waals surface area contributed by atoms with Crippen LogP contribution < -0.4 is 0 Å². The Morgan fingerprint density at radius 1 is 1.29 bits per heavy atom. The summed E-state index contributed by atoms with van der Waals surface area (Å²) >= 11 is 5.77. The van der Waals surface area contributed by atoms with E-state index in [1.165, 1.54) is 0 Å². The smallest absolute Gasteiger partial charge is 0.151 e. The Morgan fingerprint density at radius 3 is 2.57 bits per heavy atom. The van der Waals surface area contributed by atoms with Crippen LogP contribution in [-0.4, -0.2) is 14.8 Å². The second-order valence-electron chi connectivity index (χ2n) is 2.98. The molecule has 2 aromatic rings. The molecule has 0 spiro atoms. The maximum atomic E-state index is 5.77. The molecule has 0 amide bonds. The number of benzene rings is 1. The van der Waals surface area contributed by atoms with E-state index in [9.17, 15) is 0 Å². The number of aromatic nitrogens is 3. The Balaban J connectivity index is 2.15. The number of halogens is 1. The first-order valence-electron chi connectivity index (χ1n) is 4.20. The molecule has 0 saturated carbocycles. The van der Waals surface area contributed by atoms with E-state index < -0.39 is 0 Å². The molecule has 71 valence electrons. The molecule has 3 nitrogen and oxygen atoms in total. The zero-order chi connectivity index (χ0) is 9.97. The Bertz CT molecular complexity index is 419. The van der Waals surface area contributed by atoms with Gasteiger partial charge in [0, 0.05) is 11.9 Å². The molecule has 0 N–H and O–H groups in total. The number of hydrogen-bond acceptors (Lipinski definition) is 2. The average Bonchev–Trinajstić information content (AvgIpc) is 2.56. The van der Waals surface area contributed by atoms with Crippen LogP contribution in [0.4, 0.5) is 0 Å². The third kappa shape index (κ3) is 2.12. The monoisotopic (exact) mass is 206 g/mol. The lowest BCUT2D eigenvalue weighted by Gasteiger charge is -2.00. The maximum Gasteiger partial charge on any atom is 0.151 e. The van der Waals surface area contributed by atoms with E-state index in [2.05, 4.69) is 17.0 Å². The lowest BCUT2D eigenvalue weighted by molar-refractivity contribution is 0.682. The third-order valence-corrected chi connectivity index (χ3v) is 2.09. The van der Waals surface area contributed by atoms with Gasteiger partial charge in [0.15, 0.2) is 5.82 Å². The molecule has 14 heavy (non-hydrogen) atoms. The van der Waals surface area contributed by atoms with Crippen LogP contribution >= 0.6 is 11.6 Å². The topological polar surface area (TPSA) is 30.7 Å². The van der Waals surface area contributed by atoms with Crippen molar-refractivity contribution in [2.24, 2.45) is 0 Å². The largest absolute Gasteiger partial charge is 0.248 e. The summed E-state index contributed by atoms with van der Waals surface area (Å²) in [5.41, 5.74) is 1.14. The molecule has 0 aliphatic carbocycles. The molecule has 0 aliphatic heterocycles. The highest BCUT2D eigenvalue weighted by atomic mass is 35.5. The van der Waals surface area contributed by atoms with E-state index in [0.29, 0.717) is 12.4 Å². The van der Waals surface area contributed by atoms with Gasteiger partial charge in [0.05, 0.1) is 6.54 Å². The molecule has 0 saturated heterocycles. The number of rotatable bonds is 2. The summed E-state index contributed by atoms with van der Waals surface area (Å²) in [4.78, 5) is 3.95. The average molecular weight is 207 g/mol. The van der Waals surface area contributed by atoms with Gasteiger partial charge >= 0.3 is 0 Å². The quantitative estimate of drug-likeness (QED) is 0.754. The molecule has 1 radical (unpaired) electrons. The van der Waals surface area contributed by atoms with E-state index in [1.54, 1.807) is 11.0 Å². The van der Waals surface area contributed by atoms with Gasteiger partial charge in [-0.25, -0.2) is 9.67 Å². The normalized spacial score (nSPS) is 10.4. The highest BCUT2D eigenvalue weighted by Gasteiger charge is 1.97. The van der Waals surface area contributed by atoms with Gasteiger partial charge in [0.2, 0.25) is 0 Å². The van der Waals surface area contributed by atoms with Crippen LogP contribution in [0.25, 0.3) is 0 Å². The SMILES string of the molecule is [CH2]c1ncn(Cc2ccc(Cl)cc2)n1. The first-order valence-corrected chi connectivity index (χ1v) is 4.58. The van der Waals surface area contributed by atoms with Crippen LogP contribution in [0.1, 0.15) is 11.4 Å². The third-order valence-electron chi connectivity index (χ3n) is 1.84. The van der Waals surface area contributed by atoms with Gasteiger partial charge in [-0.3, -0.25) is 0 Å². The Morgan fingerprint density at radius 2 is 2.00 bits per heavy atom. The lowest BCUT2D eigenvalue weighted by atomic mass is 10.2. The van der Waals surface area contributed by atoms with Gasteiger partial charge < -0.3 is 0 Å². The summed E-state index contributed by atoms with van der Waals surface area (Å²) < 4.78 is 1.74. The summed E-state index contributed by atoms with van der Waals surface area (Å²) in [6.45, 7) is 4.33. The van der Waals surface area contributed by atoms with E-state index in [4.69, 9.17) is 11.6 Å². The van der Waals surface area contributed by atoms with Crippen molar-refractivity contribution >= 4 is 11.6 Å². The molecular formula is C10H9ClN3. The fourth-order valence-electron chi connectivity index (χ4n) is 1.19. The molecule has 0 bridgehead atoms. The molecule has 4 heteroatoms. The van der Waals surface area contributed by atoms with Gasteiger partial charge in [0.25, 0.3) is 0 Å². The van der Waals surface area contributed by atoms with E-state index in [-0.39, 0.29) is 0 Å². The van der Waals surface area contributed by atoms with E-state index in [1.807, 2.05) is 24.3 Å². The number of hydrogen-bond donors (Lipinski definition) is 0. The van der Waals surface area contributed by atoms with Gasteiger partial charge in [-0.05, 0) is 17.7 Å². The Labute approximate surface area is 87.3 Å². The van der Waals surface area contributed by atoms with Crippen LogP contribution in [0, 0.1) is 6.92 Å². The van der Waals surface area contributed by atoms with Gasteiger partial charge in [-0.1, -0.05) is 23.7 Å². The maximum absolute atomic E-state index is 5.77. The van der Waals surface area contributed by atoms with Crippen LogP contribution in [0.2, 0.25) is 5.02 Å². The Hall–Kier alpha value is -1.35. The van der Waals surface area contributed by atoms with Crippen LogP contribution in [0.15, 0.2) is 30.6 Å². The lowest BCUT2D eigenvalue weighted by Crippen LogP contribution is -1.99. The minimum absolute atomic E-state index is 0.541. The summed E-state index contributed by atoms with van der Waals surface area (Å²) in [7, 11) is 0. The van der Waals surface area contributed by atoms with Crippen LogP contribution in [0.3, 0.4) is 0 Å². The molecular weight excluding hydrogens is 198 g/mol. The van der Waals surface area contributed by atoms with Crippen molar-refractivity contribution in [3.05, 3.63) is 53.9 Å². The van der Waals surface area contributed by atoms with Crippen molar-refractivity contribution in [1.29, 1.82) is 0 Å². The second kappa shape index (κ2) is 3.80. The van der Waals surface area contributed by atoms with Gasteiger partial charge in [-0.2, -0.15) is 5.10 Å². The van der Waals surface area contributed by atoms with Crippen molar-refractivity contribution in [3.63, 3.8) is 0 Å². The fraction of sp³-hybridized carbons (Fsp3) is 0.100. The number of nitrogens with zero attached hydrogens (tertiary/aromatic N) is 3. The predicted molar refractivity (Wildman–Crippen MR) is 55.0 cm³/mol. The first-order chi connectivity index (χ1) is 6.74. The molecule has 1 heterocycles. The summed E-state index contributed by atoms with van der Waals surface area (Å²) in [5, 5.41) is 4.83. The van der Waals surface area contributed by atoms with Gasteiger partial charge in [0.1, 0.15) is 6.33 Å². The van der Waals surface area contributed by atoms with Crippen molar-refractivity contribution < 1.29 is 0 Å². The Kier molecular flexibility index (Phi) is 2.50. The summed E-state index contributed by atoms with van der Waals surface area (Å²) in [5.74, 6) is 0.541. The van der Waals surface area contributed by atoms with Crippen LogP contribution in [0.5, 0.6) is 0 Å². The summed E-state index contributed by atoms with van der Waals surface area (Å²) in [6.07, 6.45) is 1.66. The highest BCUT2D eigenvalue weighted by Crippen LogP contribution is 2.10. The summed E-state index contributed by atoms with van der Waals surface area (Å²) in [6, 6.07) is 7.65. The van der Waals surface area contributed by atoms with Crippen molar-refractivity contribution in [2.75, 3.05) is 0 Å². The molecule has 1 aromatic carbocycles.